The van der Waals surface area contributed by atoms with Crippen molar-refractivity contribution in [3.63, 3.8) is 0 Å². The molecule has 3 rings (SSSR count). The minimum absolute atomic E-state index is 0.0784. The number of hydrogen-bond donors (Lipinski definition) is 1. The molecule has 6 nitrogen and oxygen atoms in total. The fraction of sp³-hybridized carbons (Fsp3) is 0.312. The summed E-state index contributed by atoms with van der Waals surface area (Å²) in [5.41, 5.74) is 6.53. The van der Waals surface area contributed by atoms with Crippen molar-refractivity contribution < 1.29 is 4.39 Å². The summed E-state index contributed by atoms with van der Waals surface area (Å²) in [4.78, 5) is 12.9. The van der Waals surface area contributed by atoms with Crippen LogP contribution in [0.5, 0.6) is 0 Å². The van der Waals surface area contributed by atoms with Crippen molar-refractivity contribution in [1.82, 2.24) is 14.9 Å². The molecule has 0 radical (unpaired) electrons. The molecule has 1 saturated heterocycles. The molecule has 0 amide bonds. The molecule has 23 heavy (non-hydrogen) atoms. The van der Waals surface area contributed by atoms with Crippen molar-refractivity contribution >= 4 is 11.8 Å². The first-order valence-corrected chi connectivity index (χ1v) is 7.36. The SMILES string of the molecule is CN1CCN(c2nc(N)c(C#N)c(-c3ccccc3F)n2)CC1. The number of anilines is 2. The number of nitrogens with two attached hydrogens (primary N) is 1. The first-order chi connectivity index (χ1) is 11.1. The molecule has 2 aromatic rings. The van der Waals surface area contributed by atoms with Crippen LogP contribution in [0.1, 0.15) is 5.56 Å². The molecule has 0 unspecified atom stereocenters. The Bertz CT molecular complexity index is 762. The molecular formula is C16H17FN6. The number of nitrogens with zero attached hydrogens (tertiary/aromatic N) is 5. The van der Waals surface area contributed by atoms with Crippen LogP contribution in [0, 0.1) is 17.1 Å². The minimum Gasteiger partial charge on any atom is -0.382 e. The third kappa shape index (κ3) is 2.94. The molecule has 0 aliphatic carbocycles. The zero-order chi connectivity index (χ0) is 16.4. The quantitative estimate of drug-likeness (QED) is 0.904. The van der Waals surface area contributed by atoms with Gasteiger partial charge < -0.3 is 15.5 Å². The van der Waals surface area contributed by atoms with Gasteiger partial charge in [-0.2, -0.15) is 10.2 Å². The van der Waals surface area contributed by atoms with Gasteiger partial charge in [0.1, 0.15) is 23.3 Å². The molecule has 1 fully saturated rings. The van der Waals surface area contributed by atoms with Crippen LogP contribution in [-0.4, -0.2) is 48.1 Å². The van der Waals surface area contributed by atoms with E-state index in [1.54, 1.807) is 18.2 Å². The van der Waals surface area contributed by atoms with E-state index in [-0.39, 0.29) is 22.6 Å². The van der Waals surface area contributed by atoms with E-state index in [1.807, 2.05) is 11.0 Å². The van der Waals surface area contributed by atoms with Crippen LogP contribution in [0.25, 0.3) is 11.3 Å². The highest BCUT2D eigenvalue weighted by Gasteiger charge is 2.21. The highest BCUT2D eigenvalue weighted by Crippen LogP contribution is 2.29. The van der Waals surface area contributed by atoms with E-state index in [2.05, 4.69) is 21.9 Å². The molecule has 2 heterocycles. The number of hydrogen-bond acceptors (Lipinski definition) is 6. The third-order valence-electron chi connectivity index (χ3n) is 3.95. The number of nitrogen functional groups attached to an aromatic ring is 1. The monoisotopic (exact) mass is 312 g/mol. The number of aromatic nitrogens is 2. The first-order valence-electron chi connectivity index (χ1n) is 7.36. The lowest BCUT2D eigenvalue weighted by Crippen LogP contribution is -2.45. The summed E-state index contributed by atoms with van der Waals surface area (Å²) in [6.45, 7) is 3.30. The first kappa shape index (κ1) is 15.2. The van der Waals surface area contributed by atoms with Gasteiger partial charge in [0.15, 0.2) is 0 Å². The molecule has 1 aliphatic rings. The topological polar surface area (TPSA) is 82.1 Å². The number of halogens is 1. The van der Waals surface area contributed by atoms with Crippen molar-refractivity contribution in [2.75, 3.05) is 43.9 Å². The van der Waals surface area contributed by atoms with Crippen molar-refractivity contribution in [3.8, 4) is 17.3 Å². The van der Waals surface area contributed by atoms with Crippen LogP contribution in [0.4, 0.5) is 16.2 Å². The second-order valence-corrected chi connectivity index (χ2v) is 5.51. The van der Waals surface area contributed by atoms with Crippen LogP contribution in [-0.2, 0) is 0 Å². The maximum atomic E-state index is 14.1. The molecule has 1 aliphatic heterocycles. The number of piperazine rings is 1. The number of nitriles is 1. The van der Waals surface area contributed by atoms with Crippen molar-refractivity contribution in [2.24, 2.45) is 0 Å². The van der Waals surface area contributed by atoms with Gasteiger partial charge in [-0.15, -0.1) is 0 Å². The van der Waals surface area contributed by atoms with E-state index >= 15 is 0 Å². The Balaban J connectivity index is 2.08. The van der Waals surface area contributed by atoms with E-state index < -0.39 is 5.82 Å². The van der Waals surface area contributed by atoms with Gasteiger partial charge in [-0.3, -0.25) is 0 Å². The Morgan fingerprint density at radius 2 is 1.87 bits per heavy atom. The molecule has 1 aromatic carbocycles. The Morgan fingerprint density at radius 1 is 1.17 bits per heavy atom. The van der Waals surface area contributed by atoms with Crippen LogP contribution in [0.15, 0.2) is 24.3 Å². The molecule has 7 heteroatoms. The Morgan fingerprint density at radius 3 is 2.52 bits per heavy atom. The largest absolute Gasteiger partial charge is 0.382 e. The third-order valence-corrected chi connectivity index (χ3v) is 3.95. The standard InChI is InChI=1S/C16H17FN6/c1-22-6-8-23(9-7-22)16-20-14(12(10-18)15(19)21-16)11-4-2-3-5-13(11)17/h2-5H,6-9H2,1H3,(H2,19,20,21). The van der Waals surface area contributed by atoms with Gasteiger partial charge in [0, 0.05) is 31.7 Å². The summed E-state index contributed by atoms with van der Waals surface area (Å²) < 4.78 is 14.1. The molecule has 0 spiro atoms. The van der Waals surface area contributed by atoms with E-state index in [0.29, 0.717) is 5.95 Å². The summed E-state index contributed by atoms with van der Waals surface area (Å²) >= 11 is 0. The average molecular weight is 312 g/mol. The molecule has 118 valence electrons. The van der Waals surface area contributed by atoms with Crippen LogP contribution in [0.2, 0.25) is 0 Å². The van der Waals surface area contributed by atoms with E-state index in [9.17, 15) is 9.65 Å². The summed E-state index contributed by atoms with van der Waals surface area (Å²) in [7, 11) is 2.05. The van der Waals surface area contributed by atoms with E-state index in [1.165, 1.54) is 6.07 Å². The average Bonchev–Trinajstić information content (AvgIpc) is 2.55. The van der Waals surface area contributed by atoms with Gasteiger partial charge in [0.25, 0.3) is 0 Å². The van der Waals surface area contributed by atoms with Crippen LogP contribution < -0.4 is 10.6 Å². The highest BCUT2D eigenvalue weighted by atomic mass is 19.1. The summed E-state index contributed by atoms with van der Waals surface area (Å²) in [6.07, 6.45) is 0. The zero-order valence-electron chi connectivity index (χ0n) is 12.8. The maximum Gasteiger partial charge on any atom is 0.228 e. The maximum absolute atomic E-state index is 14.1. The van der Waals surface area contributed by atoms with Crippen molar-refractivity contribution in [2.45, 2.75) is 0 Å². The Kier molecular flexibility index (Phi) is 4.08. The van der Waals surface area contributed by atoms with Gasteiger partial charge in [-0.05, 0) is 19.2 Å². The molecule has 0 atom stereocenters. The number of rotatable bonds is 2. The minimum atomic E-state index is -0.438. The molecule has 0 saturated carbocycles. The predicted octanol–water partition coefficient (Wildman–Crippen LogP) is 1.49. The van der Waals surface area contributed by atoms with Gasteiger partial charge >= 0.3 is 0 Å². The fourth-order valence-electron chi connectivity index (χ4n) is 2.57. The molecule has 2 N–H and O–H groups in total. The summed E-state index contributed by atoms with van der Waals surface area (Å²) in [5.74, 6) is 0.0777. The van der Waals surface area contributed by atoms with Crippen molar-refractivity contribution in [3.05, 3.63) is 35.6 Å². The number of likely N-dealkylation sites (N-methyl/N-ethyl adjacent to an activating group) is 1. The predicted molar refractivity (Wildman–Crippen MR) is 86.3 cm³/mol. The Hall–Kier alpha value is -2.72. The van der Waals surface area contributed by atoms with Gasteiger partial charge in [-0.25, -0.2) is 9.37 Å². The van der Waals surface area contributed by atoms with Crippen LogP contribution in [0.3, 0.4) is 0 Å². The van der Waals surface area contributed by atoms with Crippen LogP contribution >= 0.6 is 0 Å². The van der Waals surface area contributed by atoms with Crippen molar-refractivity contribution in [1.29, 1.82) is 5.26 Å². The fourth-order valence-corrected chi connectivity index (χ4v) is 2.57. The Labute approximate surface area is 134 Å². The van der Waals surface area contributed by atoms with Gasteiger partial charge in [0.05, 0.1) is 5.69 Å². The second-order valence-electron chi connectivity index (χ2n) is 5.51. The van der Waals surface area contributed by atoms with E-state index in [4.69, 9.17) is 5.73 Å². The summed E-state index contributed by atoms with van der Waals surface area (Å²) in [6, 6.07) is 8.21. The molecule has 1 aromatic heterocycles. The molecule has 0 bridgehead atoms. The highest BCUT2D eigenvalue weighted by molar-refractivity contribution is 5.73. The van der Waals surface area contributed by atoms with E-state index in [0.717, 1.165) is 26.2 Å². The molecular weight excluding hydrogens is 295 g/mol. The second kappa shape index (κ2) is 6.18. The number of benzene rings is 1. The normalized spacial score (nSPS) is 15.4. The lowest BCUT2D eigenvalue weighted by atomic mass is 10.1. The lowest BCUT2D eigenvalue weighted by molar-refractivity contribution is 0.311. The summed E-state index contributed by atoms with van der Waals surface area (Å²) in [5, 5.41) is 9.33. The lowest BCUT2D eigenvalue weighted by Gasteiger charge is -2.32. The van der Waals surface area contributed by atoms with Gasteiger partial charge in [0.2, 0.25) is 5.95 Å². The zero-order valence-corrected chi connectivity index (χ0v) is 12.8. The smallest absolute Gasteiger partial charge is 0.228 e. The van der Waals surface area contributed by atoms with Gasteiger partial charge in [-0.1, -0.05) is 12.1 Å².